The van der Waals surface area contributed by atoms with E-state index in [1.54, 1.807) is 18.4 Å². The van der Waals surface area contributed by atoms with Crippen LogP contribution < -0.4 is 15.8 Å². The fourth-order valence-corrected chi connectivity index (χ4v) is 5.34. The molecule has 4 aromatic rings. The molecule has 0 saturated carbocycles. The van der Waals surface area contributed by atoms with Gasteiger partial charge in [-0.2, -0.15) is 5.10 Å². The van der Waals surface area contributed by atoms with Crippen LogP contribution in [0, 0.1) is 0 Å². The van der Waals surface area contributed by atoms with Crippen molar-refractivity contribution >= 4 is 38.3 Å². The molecule has 1 aliphatic heterocycles. The van der Waals surface area contributed by atoms with E-state index in [0.717, 1.165) is 34.8 Å². The molecule has 0 spiro atoms. The number of nitrogens with zero attached hydrogens (tertiary/aromatic N) is 4. The standard InChI is InChI=1S/C25H27N5O4S/c1-3-16-7-5-8-17(4-2)20(16)26-19(31)15-30-24(32)22-23(21(28-30)18-9-6-12-34-18)35-25(27-22)29-10-13-33-14-11-29/h5-9,12H,3-4,10-11,13-15H2,1-2H3,(H,26,31). The van der Waals surface area contributed by atoms with Crippen molar-refractivity contribution in [3.63, 3.8) is 0 Å². The molecule has 4 heterocycles. The third-order valence-electron chi connectivity index (χ3n) is 6.08. The number of amides is 1. The van der Waals surface area contributed by atoms with Crippen molar-refractivity contribution in [2.45, 2.75) is 33.2 Å². The summed E-state index contributed by atoms with van der Waals surface area (Å²) in [5.74, 6) is 0.203. The SMILES string of the molecule is CCc1cccc(CC)c1NC(=O)Cn1nc(-c2ccco2)c2sc(N3CCOCC3)nc2c1=O. The van der Waals surface area contributed by atoms with Crippen LogP contribution in [0.15, 0.2) is 45.8 Å². The van der Waals surface area contributed by atoms with E-state index in [-0.39, 0.29) is 18.0 Å². The number of thiazole rings is 1. The maximum Gasteiger partial charge on any atom is 0.294 e. The van der Waals surface area contributed by atoms with E-state index < -0.39 is 5.56 Å². The highest BCUT2D eigenvalue weighted by molar-refractivity contribution is 7.22. The Morgan fingerprint density at radius 1 is 1.11 bits per heavy atom. The Labute approximate surface area is 206 Å². The van der Waals surface area contributed by atoms with Gasteiger partial charge in [0.25, 0.3) is 5.56 Å². The van der Waals surface area contributed by atoms with Gasteiger partial charge in [-0.15, -0.1) is 0 Å². The van der Waals surface area contributed by atoms with Crippen molar-refractivity contribution in [2.24, 2.45) is 0 Å². The van der Waals surface area contributed by atoms with Crippen molar-refractivity contribution in [3.05, 3.63) is 58.1 Å². The molecule has 0 unspecified atom stereocenters. The molecule has 1 aliphatic rings. The summed E-state index contributed by atoms with van der Waals surface area (Å²) in [7, 11) is 0. The van der Waals surface area contributed by atoms with E-state index in [4.69, 9.17) is 9.15 Å². The van der Waals surface area contributed by atoms with Gasteiger partial charge in [0.05, 0.1) is 24.2 Å². The lowest BCUT2D eigenvalue weighted by Gasteiger charge is -2.25. The van der Waals surface area contributed by atoms with Gasteiger partial charge in [-0.3, -0.25) is 9.59 Å². The molecule has 1 amide bonds. The highest BCUT2D eigenvalue weighted by Crippen LogP contribution is 2.34. The number of anilines is 2. The Balaban J connectivity index is 1.52. The Morgan fingerprint density at radius 2 is 1.86 bits per heavy atom. The van der Waals surface area contributed by atoms with Gasteiger partial charge in [-0.05, 0) is 36.1 Å². The summed E-state index contributed by atoms with van der Waals surface area (Å²) < 4.78 is 12.9. The Hall–Kier alpha value is -3.50. The van der Waals surface area contributed by atoms with Crippen LogP contribution in [0.25, 0.3) is 21.7 Å². The Kier molecular flexibility index (Phi) is 6.65. The van der Waals surface area contributed by atoms with Gasteiger partial charge in [0.1, 0.15) is 12.2 Å². The number of aromatic nitrogens is 3. The minimum absolute atomic E-state index is 0.228. The summed E-state index contributed by atoms with van der Waals surface area (Å²) in [5, 5.41) is 8.30. The largest absolute Gasteiger partial charge is 0.463 e. The van der Waals surface area contributed by atoms with E-state index >= 15 is 0 Å². The van der Waals surface area contributed by atoms with Crippen molar-refractivity contribution in [2.75, 3.05) is 36.5 Å². The first-order valence-electron chi connectivity index (χ1n) is 11.8. The smallest absolute Gasteiger partial charge is 0.294 e. The lowest BCUT2D eigenvalue weighted by Crippen LogP contribution is -2.36. The zero-order chi connectivity index (χ0) is 24.4. The molecule has 10 heteroatoms. The maximum atomic E-state index is 13.4. The first kappa shape index (κ1) is 23.3. The van der Waals surface area contributed by atoms with Crippen LogP contribution in [-0.4, -0.2) is 47.0 Å². The highest BCUT2D eigenvalue weighted by atomic mass is 32.1. The molecule has 182 valence electrons. The third-order valence-corrected chi connectivity index (χ3v) is 7.20. The molecule has 5 rings (SSSR count). The van der Waals surface area contributed by atoms with Crippen LogP contribution in [0.5, 0.6) is 0 Å². The number of hydrogen-bond donors (Lipinski definition) is 1. The number of rotatable bonds is 7. The number of aryl methyl sites for hydroxylation is 2. The summed E-state index contributed by atoms with van der Waals surface area (Å²) in [4.78, 5) is 33.2. The molecule has 9 nitrogen and oxygen atoms in total. The summed E-state index contributed by atoms with van der Waals surface area (Å²) >= 11 is 1.41. The second-order valence-corrected chi connectivity index (χ2v) is 9.25. The molecule has 0 atom stereocenters. The predicted molar refractivity (Wildman–Crippen MR) is 136 cm³/mol. The number of fused-ring (bicyclic) bond motifs is 1. The number of para-hydroxylation sites is 1. The Bertz CT molecular complexity index is 1380. The van der Waals surface area contributed by atoms with Gasteiger partial charge in [0.2, 0.25) is 5.91 Å². The van der Waals surface area contributed by atoms with Gasteiger partial charge in [-0.1, -0.05) is 43.4 Å². The summed E-state index contributed by atoms with van der Waals surface area (Å²) in [6, 6.07) is 9.56. The lowest BCUT2D eigenvalue weighted by atomic mass is 10.0. The summed E-state index contributed by atoms with van der Waals surface area (Å²) in [6.07, 6.45) is 3.14. The summed E-state index contributed by atoms with van der Waals surface area (Å²) in [5.41, 5.74) is 3.30. The predicted octanol–water partition coefficient (Wildman–Crippen LogP) is 3.71. The summed E-state index contributed by atoms with van der Waals surface area (Å²) in [6.45, 7) is 6.51. The van der Waals surface area contributed by atoms with E-state index in [0.29, 0.717) is 42.5 Å². The average molecular weight is 494 g/mol. The minimum Gasteiger partial charge on any atom is -0.463 e. The molecular weight excluding hydrogens is 466 g/mol. The number of carbonyl (C=O) groups is 1. The van der Waals surface area contributed by atoms with Crippen LogP contribution in [0.4, 0.5) is 10.8 Å². The van der Waals surface area contributed by atoms with Crippen molar-refractivity contribution < 1.29 is 13.9 Å². The molecule has 0 radical (unpaired) electrons. The third kappa shape index (κ3) is 4.59. The first-order chi connectivity index (χ1) is 17.1. The highest BCUT2D eigenvalue weighted by Gasteiger charge is 2.23. The number of ether oxygens (including phenoxy) is 1. The van der Waals surface area contributed by atoms with Gasteiger partial charge in [0, 0.05) is 18.8 Å². The van der Waals surface area contributed by atoms with Gasteiger partial charge < -0.3 is 19.4 Å². The number of nitrogens with one attached hydrogen (secondary N) is 1. The first-order valence-corrected chi connectivity index (χ1v) is 12.6. The zero-order valence-corrected chi connectivity index (χ0v) is 20.6. The number of carbonyl (C=O) groups excluding carboxylic acids is 1. The molecule has 0 aliphatic carbocycles. The maximum absolute atomic E-state index is 13.4. The molecule has 3 aromatic heterocycles. The van der Waals surface area contributed by atoms with Gasteiger partial charge in [-0.25, -0.2) is 9.67 Å². The monoisotopic (exact) mass is 493 g/mol. The number of furan rings is 1. The number of benzene rings is 1. The molecule has 1 aromatic carbocycles. The zero-order valence-electron chi connectivity index (χ0n) is 19.7. The normalized spacial score (nSPS) is 13.9. The molecule has 1 saturated heterocycles. The minimum atomic E-state index is -0.402. The van der Waals surface area contributed by atoms with Crippen LogP contribution in [-0.2, 0) is 28.9 Å². The molecule has 1 N–H and O–H groups in total. The van der Waals surface area contributed by atoms with E-state index in [9.17, 15) is 9.59 Å². The number of morpholine rings is 1. The van der Waals surface area contributed by atoms with E-state index in [1.165, 1.54) is 16.0 Å². The van der Waals surface area contributed by atoms with Crippen LogP contribution >= 0.6 is 11.3 Å². The van der Waals surface area contributed by atoms with Crippen molar-refractivity contribution in [1.29, 1.82) is 0 Å². The topological polar surface area (TPSA) is 102 Å². The van der Waals surface area contributed by atoms with Crippen molar-refractivity contribution in [1.82, 2.24) is 14.8 Å². The van der Waals surface area contributed by atoms with E-state index in [2.05, 4.69) is 20.3 Å². The van der Waals surface area contributed by atoms with E-state index in [1.807, 2.05) is 32.0 Å². The molecule has 0 bridgehead atoms. The fraction of sp³-hybridized carbons (Fsp3) is 0.360. The fourth-order valence-electron chi connectivity index (χ4n) is 4.24. The van der Waals surface area contributed by atoms with Crippen LogP contribution in [0.2, 0.25) is 0 Å². The average Bonchev–Trinajstić information content (AvgIpc) is 3.57. The van der Waals surface area contributed by atoms with Gasteiger partial charge in [0.15, 0.2) is 16.4 Å². The second-order valence-electron chi connectivity index (χ2n) is 8.27. The number of hydrogen-bond acceptors (Lipinski definition) is 8. The molecule has 35 heavy (non-hydrogen) atoms. The van der Waals surface area contributed by atoms with Crippen LogP contribution in [0.1, 0.15) is 25.0 Å². The Morgan fingerprint density at radius 3 is 2.51 bits per heavy atom. The van der Waals surface area contributed by atoms with Crippen molar-refractivity contribution in [3.8, 4) is 11.5 Å². The molecular formula is C25H27N5O4S. The quantitative estimate of drug-likeness (QED) is 0.419. The lowest BCUT2D eigenvalue weighted by molar-refractivity contribution is -0.117. The molecule has 1 fully saturated rings. The second kappa shape index (κ2) is 10.0. The van der Waals surface area contributed by atoms with Gasteiger partial charge >= 0.3 is 0 Å². The van der Waals surface area contributed by atoms with Crippen LogP contribution in [0.3, 0.4) is 0 Å².